The van der Waals surface area contributed by atoms with E-state index in [1.165, 1.54) is 0 Å². The summed E-state index contributed by atoms with van der Waals surface area (Å²) in [5, 5.41) is 18.4. The van der Waals surface area contributed by atoms with Crippen LogP contribution in [0.2, 0.25) is 0 Å². The minimum Gasteiger partial charge on any atom is -0.286 e. The van der Waals surface area contributed by atoms with Crippen LogP contribution in [0.25, 0.3) is 0 Å². The number of hydrogen-bond acceptors (Lipinski definition) is 17. The van der Waals surface area contributed by atoms with Crippen molar-refractivity contribution in [2.75, 3.05) is 0 Å². The lowest BCUT2D eigenvalue weighted by atomic mass is 9.75. The second kappa shape index (κ2) is 15.0. The molecule has 0 aromatic heterocycles. The maximum atomic E-state index is 14.0. The van der Waals surface area contributed by atoms with Crippen molar-refractivity contribution in [1.82, 2.24) is 47.4 Å². The third-order valence-corrected chi connectivity index (χ3v) is 21.6. The normalized spacial score (nSPS) is 50.4. The molecule has 9 rings (SSSR count). The molecule has 0 radical (unpaired) electrons. The molecular formula is C32H58N10O11S4. The number of hydrazine groups is 1. The first-order valence-corrected chi connectivity index (χ1v) is 26.6. The maximum absolute atomic E-state index is 14.0. The Kier molecular flexibility index (Phi) is 10.9. The molecule has 57 heavy (non-hydrogen) atoms. The van der Waals surface area contributed by atoms with Crippen LogP contribution >= 0.6 is 0 Å². The smallest absolute Gasteiger partial charge is 0.270 e. The van der Waals surface area contributed by atoms with Gasteiger partial charge in [0.25, 0.3) is 30.4 Å². The van der Waals surface area contributed by atoms with E-state index in [9.17, 15) is 47.3 Å². The Labute approximate surface area is 334 Å². The van der Waals surface area contributed by atoms with Crippen molar-refractivity contribution in [1.29, 1.82) is 0 Å². The SMILES string of the molecule is NNS(=O)(=O)C1C2C3NC4NC(NC5NC(NC6NC(NC(N3)C2C(S(=O)(=O)O)C(S(=O)(=O)O)C1S(=O)(=O)O)C1CCCCC61)C1CCCCC51)C1CCCCC41. The molecule has 14 N–H and O–H groups in total. The Hall–Kier alpha value is -0.720. The Balaban J connectivity index is 1.20. The minimum atomic E-state index is -5.83. The van der Waals surface area contributed by atoms with E-state index in [0.717, 1.165) is 77.0 Å². The third-order valence-electron chi connectivity index (χ3n) is 15.6. The van der Waals surface area contributed by atoms with Gasteiger partial charge in [-0.05, 0) is 74.0 Å². The second-order valence-electron chi connectivity index (χ2n) is 18.2. The molecular weight excluding hydrogens is 829 g/mol. The zero-order valence-electron chi connectivity index (χ0n) is 31.4. The predicted octanol–water partition coefficient (Wildman–Crippen LogP) is -3.02. The summed E-state index contributed by atoms with van der Waals surface area (Å²) in [5.74, 6) is 3.20. The molecule has 326 valence electrons. The van der Waals surface area contributed by atoms with Gasteiger partial charge >= 0.3 is 0 Å². The average molecular weight is 887 g/mol. The molecule has 4 aliphatic carbocycles. The van der Waals surface area contributed by atoms with Crippen LogP contribution in [0.1, 0.15) is 77.0 Å². The summed E-state index contributed by atoms with van der Waals surface area (Å²) in [6, 6.07) is 0. The molecule has 0 spiro atoms. The van der Waals surface area contributed by atoms with Gasteiger partial charge in [0.05, 0.1) is 49.3 Å². The average Bonchev–Trinajstić information content (AvgIpc) is 3.88. The Morgan fingerprint density at radius 3 is 0.860 bits per heavy atom. The van der Waals surface area contributed by atoms with E-state index in [1.54, 1.807) is 4.83 Å². The van der Waals surface area contributed by atoms with Crippen LogP contribution in [0.3, 0.4) is 0 Å². The molecule has 4 saturated carbocycles. The molecule has 25 heteroatoms. The first-order chi connectivity index (χ1) is 26.9. The van der Waals surface area contributed by atoms with E-state index in [1.807, 2.05) is 0 Å². The van der Waals surface area contributed by atoms with E-state index in [4.69, 9.17) is 5.84 Å². The van der Waals surface area contributed by atoms with Gasteiger partial charge < -0.3 is 0 Å². The lowest BCUT2D eigenvalue weighted by Crippen LogP contribution is -2.71. The molecule has 9 aliphatic rings. The fourth-order valence-corrected chi connectivity index (χ4v) is 21.0. The van der Waals surface area contributed by atoms with Crippen LogP contribution < -0.4 is 53.2 Å². The quantitative estimate of drug-likeness (QED) is 0.0742. The third kappa shape index (κ3) is 7.23. The molecule has 8 bridgehead atoms. The maximum Gasteiger partial charge on any atom is 0.270 e. The molecule has 9 fully saturated rings. The number of sulfonamides is 1. The van der Waals surface area contributed by atoms with E-state index >= 15 is 0 Å². The Morgan fingerprint density at radius 2 is 0.596 bits per heavy atom. The molecule has 21 nitrogen and oxygen atoms in total. The minimum absolute atomic E-state index is 0.000226. The van der Waals surface area contributed by atoms with E-state index in [-0.39, 0.29) is 48.3 Å². The van der Waals surface area contributed by atoms with Gasteiger partial charge in [-0.2, -0.15) is 30.1 Å². The van der Waals surface area contributed by atoms with Gasteiger partial charge in [0.2, 0.25) is 10.0 Å². The number of nitrogens with one attached hydrogen (secondary N) is 9. The van der Waals surface area contributed by atoms with Crippen molar-refractivity contribution in [3.05, 3.63) is 0 Å². The van der Waals surface area contributed by atoms with Crippen LogP contribution in [-0.2, 0) is 40.4 Å². The molecule has 0 aromatic rings. The van der Waals surface area contributed by atoms with Crippen LogP contribution in [-0.4, -0.2) is 118 Å². The van der Waals surface area contributed by atoms with Gasteiger partial charge in [0, 0.05) is 11.8 Å². The molecule has 5 saturated heterocycles. The molecule has 5 heterocycles. The lowest BCUT2D eigenvalue weighted by molar-refractivity contribution is 0.167. The largest absolute Gasteiger partial charge is 0.286 e. The van der Waals surface area contributed by atoms with Gasteiger partial charge in [-0.25, -0.2) is 8.42 Å². The van der Waals surface area contributed by atoms with Gasteiger partial charge in [-0.3, -0.25) is 62.0 Å². The predicted molar refractivity (Wildman–Crippen MR) is 205 cm³/mol. The zero-order chi connectivity index (χ0) is 40.4. The molecule has 5 aliphatic heterocycles. The van der Waals surface area contributed by atoms with Crippen LogP contribution in [0.15, 0.2) is 0 Å². The van der Waals surface area contributed by atoms with Crippen molar-refractivity contribution >= 4 is 40.4 Å². The number of rotatable bonds is 5. The first kappa shape index (κ1) is 41.6. The highest BCUT2D eigenvalue weighted by atomic mass is 32.2. The first-order valence-electron chi connectivity index (χ1n) is 20.6. The fourth-order valence-electron chi connectivity index (χ4n) is 13.5. The molecule has 0 amide bonds. The summed E-state index contributed by atoms with van der Waals surface area (Å²) in [5.41, 5.74) is 0. The van der Waals surface area contributed by atoms with E-state index < -0.39 is 97.9 Å². The Bertz CT molecular complexity index is 2000. The van der Waals surface area contributed by atoms with Crippen molar-refractivity contribution < 1.29 is 47.3 Å². The highest BCUT2D eigenvalue weighted by molar-refractivity contribution is 7.95. The standard InChI is InChI=1S/C32H58N10O11S4/c33-42-54(43,44)21-19-20(22(55(45,46)47)24(57(51,52)53)23(21)56(48,49)50)32-40-30-18-12-6-4-10-16(18)28(38-30)36-26-14-8-2-1-7-13(14)25(34-26)35-27-15-9-3-5-11-17(15)29(37-27)39-31(19)41-32/h13-32,34-42H,1-12,33H2,(H,45,46,47)(H,48,49,50)(H,51,52,53). The van der Waals surface area contributed by atoms with Crippen molar-refractivity contribution in [3.8, 4) is 0 Å². The van der Waals surface area contributed by atoms with E-state index in [2.05, 4.69) is 42.5 Å². The van der Waals surface area contributed by atoms with Gasteiger partial charge in [-0.1, -0.05) is 38.5 Å². The van der Waals surface area contributed by atoms with Crippen molar-refractivity contribution in [3.63, 3.8) is 0 Å². The number of hydrogen-bond donors (Lipinski definition) is 13. The summed E-state index contributed by atoms with van der Waals surface area (Å²) in [4.78, 5) is 1.60. The van der Waals surface area contributed by atoms with Crippen molar-refractivity contribution in [2.24, 2.45) is 53.2 Å². The highest BCUT2D eigenvalue weighted by Crippen LogP contribution is 2.50. The molecule has 0 aromatic carbocycles. The summed E-state index contributed by atoms with van der Waals surface area (Å²) >= 11 is 0. The number of fused-ring (bicyclic) bond motifs is 20. The second-order valence-corrected chi connectivity index (χ2v) is 24.8. The summed E-state index contributed by atoms with van der Waals surface area (Å²) < 4.78 is 140. The van der Waals surface area contributed by atoms with Crippen molar-refractivity contribution in [2.45, 2.75) is 147 Å². The van der Waals surface area contributed by atoms with Crippen LogP contribution in [0.5, 0.6) is 0 Å². The molecule has 20 atom stereocenters. The van der Waals surface area contributed by atoms with Gasteiger partial charge in [0.1, 0.15) is 21.0 Å². The number of nitrogens with two attached hydrogens (primary N) is 1. The highest BCUT2D eigenvalue weighted by Gasteiger charge is 2.71. The zero-order valence-corrected chi connectivity index (χ0v) is 34.6. The van der Waals surface area contributed by atoms with Gasteiger partial charge in [-0.15, -0.1) is 0 Å². The summed E-state index contributed by atoms with van der Waals surface area (Å²) in [6.45, 7) is 0. The summed E-state index contributed by atoms with van der Waals surface area (Å²) in [7, 11) is -22.4. The topological polar surface area (TPSA) is 332 Å². The van der Waals surface area contributed by atoms with Crippen LogP contribution in [0.4, 0.5) is 0 Å². The Morgan fingerprint density at radius 1 is 0.368 bits per heavy atom. The van der Waals surface area contributed by atoms with Crippen LogP contribution in [0, 0.1) is 47.3 Å². The van der Waals surface area contributed by atoms with Gasteiger partial charge in [0.15, 0.2) is 0 Å². The lowest BCUT2D eigenvalue weighted by Gasteiger charge is -2.47. The monoisotopic (exact) mass is 886 g/mol. The molecule has 20 unspecified atom stereocenters. The fraction of sp³-hybridized carbons (Fsp3) is 1.00. The summed E-state index contributed by atoms with van der Waals surface area (Å²) in [6.07, 6.45) is 7.79. The van der Waals surface area contributed by atoms with E-state index in [0.29, 0.717) is 11.8 Å².